The van der Waals surface area contributed by atoms with Crippen LogP contribution in [0.1, 0.15) is 27.2 Å². The van der Waals surface area contributed by atoms with Crippen LogP contribution >= 0.6 is 0 Å². The van der Waals surface area contributed by atoms with Gasteiger partial charge in [-0.15, -0.1) is 0 Å². The Morgan fingerprint density at radius 2 is 2.00 bits per heavy atom. The zero-order valence-corrected chi connectivity index (χ0v) is 8.13. The Balaban J connectivity index is 3.31. The van der Waals surface area contributed by atoms with Crippen molar-refractivity contribution in [1.82, 2.24) is 0 Å². The van der Waals surface area contributed by atoms with Crippen LogP contribution in [0.5, 0.6) is 0 Å². The van der Waals surface area contributed by atoms with Crippen molar-refractivity contribution >= 4 is 5.78 Å². The lowest BCUT2D eigenvalue weighted by Crippen LogP contribution is -2.21. The summed E-state index contributed by atoms with van der Waals surface area (Å²) in [5.41, 5.74) is 0. The molecule has 1 unspecified atom stereocenters. The van der Waals surface area contributed by atoms with Gasteiger partial charge in [-0.05, 0) is 13.8 Å². The highest BCUT2D eigenvalue weighted by atomic mass is 16.5. The van der Waals surface area contributed by atoms with Crippen molar-refractivity contribution in [3.8, 4) is 0 Å². The Morgan fingerprint density at radius 1 is 1.33 bits per heavy atom. The Bertz CT molecular complexity index is 123. The minimum absolute atomic E-state index is 0.145. The SMILES string of the molecule is CCOCCOC(C)C(=O)CC. The molecule has 0 amide bonds. The molecule has 0 aliphatic carbocycles. The molecule has 0 radical (unpaired) electrons. The third-order valence-corrected chi connectivity index (χ3v) is 1.60. The van der Waals surface area contributed by atoms with E-state index in [-0.39, 0.29) is 11.9 Å². The maximum Gasteiger partial charge on any atom is 0.160 e. The number of carbonyl (C=O) groups is 1. The van der Waals surface area contributed by atoms with E-state index in [9.17, 15) is 4.79 Å². The first-order valence-electron chi connectivity index (χ1n) is 4.44. The molecule has 0 bridgehead atoms. The Labute approximate surface area is 74.0 Å². The number of carbonyl (C=O) groups excluding carboxylic acids is 1. The zero-order valence-electron chi connectivity index (χ0n) is 8.13. The van der Waals surface area contributed by atoms with Gasteiger partial charge >= 0.3 is 0 Å². The van der Waals surface area contributed by atoms with Gasteiger partial charge in [0.05, 0.1) is 13.2 Å². The van der Waals surface area contributed by atoms with Crippen LogP contribution < -0.4 is 0 Å². The molecule has 1 atom stereocenters. The van der Waals surface area contributed by atoms with E-state index in [1.54, 1.807) is 6.92 Å². The molecule has 0 N–H and O–H groups in total. The summed E-state index contributed by atoms with van der Waals surface area (Å²) in [5, 5.41) is 0. The summed E-state index contributed by atoms with van der Waals surface area (Å²) in [6.07, 6.45) is 0.256. The van der Waals surface area contributed by atoms with Gasteiger partial charge in [0.2, 0.25) is 0 Å². The van der Waals surface area contributed by atoms with Crippen LogP contribution in [-0.4, -0.2) is 31.7 Å². The number of ether oxygens (including phenoxy) is 2. The summed E-state index contributed by atoms with van der Waals surface area (Å²) in [6.45, 7) is 7.31. The lowest BCUT2D eigenvalue weighted by molar-refractivity contribution is -0.130. The van der Waals surface area contributed by atoms with Gasteiger partial charge in [-0.3, -0.25) is 4.79 Å². The highest BCUT2D eigenvalue weighted by molar-refractivity contribution is 5.82. The molecule has 0 aromatic heterocycles. The lowest BCUT2D eigenvalue weighted by Gasteiger charge is -2.10. The van der Waals surface area contributed by atoms with E-state index in [2.05, 4.69) is 0 Å². The fourth-order valence-electron chi connectivity index (χ4n) is 0.809. The second-order valence-corrected chi connectivity index (χ2v) is 2.53. The number of Topliss-reactive ketones (excluding diaryl/α,β-unsaturated/α-hetero) is 1. The van der Waals surface area contributed by atoms with Gasteiger partial charge in [0.1, 0.15) is 6.10 Å². The standard InChI is InChI=1S/C9H18O3/c1-4-9(10)8(3)12-7-6-11-5-2/h8H,4-7H2,1-3H3. The molecule has 0 saturated heterocycles. The van der Waals surface area contributed by atoms with E-state index in [0.717, 1.165) is 0 Å². The third kappa shape index (κ3) is 5.27. The number of hydrogen-bond donors (Lipinski definition) is 0. The van der Waals surface area contributed by atoms with Crippen molar-refractivity contribution in [1.29, 1.82) is 0 Å². The summed E-state index contributed by atoms with van der Waals surface area (Å²) in [5.74, 6) is 0.145. The van der Waals surface area contributed by atoms with E-state index < -0.39 is 0 Å². The Morgan fingerprint density at radius 3 is 2.50 bits per heavy atom. The van der Waals surface area contributed by atoms with Crippen molar-refractivity contribution in [2.75, 3.05) is 19.8 Å². The van der Waals surface area contributed by atoms with Gasteiger partial charge in [-0.25, -0.2) is 0 Å². The number of hydrogen-bond acceptors (Lipinski definition) is 3. The largest absolute Gasteiger partial charge is 0.379 e. The van der Waals surface area contributed by atoms with Crippen molar-refractivity contribution < 1.29 is 14.3 Å². The lowest BCUT2D eigenvalue weighted by atomic mass is 10.2. The van der Waals surface area contributed by atoms with Gasteiger partial charge in [-0.1, -0.05) is 6.92 Å². The average Bonchev–Trinajstić information content (AvgIpc) is 2.10. The molecule has 3 nitrogen and oxygen atoms in total. The predicted molar refractivity (Wildman–Crippen MR) is 47.2 cm³/mol. The minimum atomic E-state index is -0.282. The minimum Gasteiger partial charge on any atom is -0.379 e. The number of rotatable bonds is 7. The van der Waals surface area contributed by atoms with E-state index in [1.165, 1.54) is 0 Å². The molecule has 0 aliphatic heterocycles. The van der Waals surface area contributed by atoms with Crippen LogP contribution in [0.2, 0.25) is 0 Å². The van der Waals surface area contributed by atoms with E-state index >= 15 is 0 Å². The van der Waals surface area contributed by atoms with Crippen LogP contribution in [-0.2, 0) is 14.3 Å². The van der Waals surface area contributed by atoms with Gasteiger partial charge in [-0.2, -0.15) is 0 Å². The molecule has 12 heavy (non-hydrogen) atoms. The first-order valence-corrected chi connectivity index (χ1v) is 4.44. The summed E-state index contributed by atoms with van der Waals surface area (Å²) >= 11 is 0. The Kier molecular flexibility index (Phi) is 7.00. The van der Waals surface area contributed by atoms with E-state index in [4.69, 9.17) is 9.47 Å². The van der Waals surface area contributed by atoms with Crippen molar-refractivity contribution in [3.63, 3.8) is 0 Å². The smallest absolute Gasteiger partial charge is 0.160 e. The third-order valence-electron chi connectivity index (χ3n) is 1.60. The summed E-state index contributed by atoms with van der Waals surface area (Å²) < 4.78 is 10.3. The summed E-state index contributed by atoms with van der Waals surface area (Å²) in [4.78, 5) is 11.0. The van der Waals surface area contributed by atoms with E-state index in [1.807, 2.05) is 13.8 Å². The first kappa shape index (κ1) is 11.6. The summed E-state index contributed by atoms with van der Waals surface area (Å²) in [6, 6.07) is 0. The molecule has 0 spiro atoms. The van der Waals surface area contributed by atoms with Crippen LogP contribution in [0.4, 0.5) is 0 Å². The fraction of sp³-hybridized carbons (Fsp3) is 0.889. The topological polar surface area (TPSA) is 35.5 Å². The van der Waals surface area contributed by atoms with Crippen LogP contribution in [0.3, 0.4) is 0 Å². The van der Waals surface area contributed by atoms with E-state index in [0.29, 0.717) is 26.2 Å². The van der Waals surface area contributed by atoms with Gasteiger partial charge in [0, 0.05) is 13.0 Å². The maximum absolute atomic E-state index is 11.0. The first-order chi connectivity index (χ1) is 5.72. The van der Waals surface area contributed by atoms with Crippen molar-refractivity contribution in [2.24, 2.45) is 0 Å². The zero-order chi connectivity index (χ0) is 9.40. The van der Waals surface area contributed by atoms with Crippen LogP contribution in [0.25, 0.3) is 0 Å². The quantitative estimate of drug-likeness (QED) is 0.547. The van der Waals surface area contributed by atoms with Crippen LogP contribution in [0, 0.1) is 0 Å². The molecule has 0 aromatic carbocycles. The highest BCUT2D eigenvalue weighted by Gasteiger charge is 2.09. The van der Waals surface area contributed by atoms with Crippen molar-refractivity contribution in [3.05, 3.63) is 0 Å². The van der Waals surface area contributed by atoms with Crippen LogP contribution in [0.15, 0.2) is 0 Å². The molecule has 0 aromatic rings. The molecule has 72 valence electrons. The van der Waals surface area contributed by atoms with Gasteiger partial charge < -0.3 is 9.47 Å². The highest BCUT2D eigenvalue weighted by Crippen LogP contribution is 1.95. The molecule has 0 saturated carbocycles. The second kappa shape index (κ2) is 7.25. The molecule has 0 aliphatic rings. The normalized spacial score (nSPS) is 12.9. The molecule has 0 heterocycles. The molecule has 0 fully saturated rings. The predicted octanol–water partition coefficient (Wildman–Crippen LogP) is 1.41. The molecular weight excluding hydrogens is 156 g/mol. The summed E-state index contributed by atoms with van der Waals surface area (Å²) in [7, 11) is 0. The van der Waals surface area contributed by atoms with Gasteiger partial charge in [0.15, 0.2) is 5.78 Å². The second-order valence-electron chi connectivity index (χ2n) is 2.53. The molecular formula is C9H18O3. The monoisotopic (exact) mass is 174 g/mol. The Hall–Kier alpha value is -0.410. The fourth-order valence-corrected chi connectivity index (χ4v) is 0.809. The maximum atomic E-state index is 11.0. The average molecular weight is 174 g/mol. The van der Waals surface area contributed by atoms with Crippen molar-refractivity contribution in [2.45, 2.75) is 33.3 Å². The molecule has 0 rings (SSSR count). The van der Waals surface area contributed by atoms with Gasteiger partial charge in [0.25, 0.3) is 0 Å². The number of ketones is 1. The molecule has 3 heteroatoms.